The van der Waals surface area contributed by atoms with Gasteiger partial charge in [0.1, 0.15) is 6.61 Å². The Kier molecular flexibility index (Phi) is 7.61. The van der Waals surface area contributed by atoms with Gasteiger partial charge in [0.15, 0.2) is 0 Å². The van der Waals surface area contributed by atoms with Gasteiger partial charge in [-0.3, -0.25) is 9.97 Å². The van der Waals surface area contributed by atoms with Crippen molar-refractivity contribution >= 4 is 16.9 Å². The number of esters is 1. The number of pyridine rings is 2. The third-order valence-electron chi connectivity index (χ3n) is 5.63. The molecule has 0 saturated carbocycles. The number of carbonyl (C=O) groups is 1. The topological polar surface area (TPSA) is 105 Å². The Labute approximate surface area is 199 Å². The molecule has 3 aromatic heterocycles. The van der Waals surface area contributed by atoms with Gasteiger partial charge in [-0.05, 0) is 64.2 Å². The third kappa shape index (κ3) is 5.65. The van der Waals surface area contributed by atoms with Crippen LogP contribution in [0.5, 0.6) is 0 Å². The van der Waals surface area contributed by atoms with E-state index >= 15 is 0 Å². The predicted octanol–water partition coefficient (Wildman–Crippen LogP) is 3.74. The molecule has 4 rings (SSSR count). The highest BCUT2D eigenvalue weighted by atomic mass is 16.5. The van der Waals surface area contributed by atoms with Gasteiger partial charge >= 0.3 is 5.97 Å². The normalized spacial score (nSPS) is 12.1. The number of nitrogens with one attached hydrogen (secondary N) is 3. The predicted molar refractivity (Wildman–Crippen MR) is 134 cm³/mol. The Bertz CT molecular complexity index is 1270. The monoisotopic (exact) mass is 458 g/mol. The van der Waals surface area contributed by atoms with Crippen molar-refractivity contribution in [1.82, 2.24) is 30.6 Å². The van der Waals surface area contributed by atoms with Gasteiger partial charge in [0, 0.05) is 35.4 Å². The number of hydrogen-bond donors (Lipinski definition) is 3. The number of imidazole rings is 1. The second-order valence-corrected chi connectivity index (χ2v) is 8.31. The minimum absolute atomic E-state index is 0.306. The standard InChI is InChI=1S/C26H30N6O2/c1-17(9-10-27-3)28-11-12-34-26(33)21-14-20-13-19(7-8-22(20)29-15-21)24-25(31-16-30-24)23-6-4-5-18(2)32-23/h4-8,13-17,27-28H,9-12H2,1-3H3,(H,30,31). The first-order valence-electron chi connectivity index (χ1n) is 11.5. The number of hydrogen-bond acceptors (Lipinski definition) is 7. The largest absolute Gasteiger partial charge is 0.461 e. The Balaban J connectivity index is 1.48. The van der Waals surface area contributed by atoms with Crippen LogP contribution in [0.2, 0.25) is 0 Å². The summed E-state index contributed by atoms with van der Waals surface area (Å²) in [5.74, 6) is -0.381. The van der Waals surface area contributed by atoms with Crippen molar-refractivity contribution in [2.75, 3.05) is 26.7 Å². The molecule has 0 aliphatic heterocycles. The van der Waals surface area contributed by atoms with Gasteiger partial charge in [-0.15, -0.1) is 0 Å². The molecule has 0 bridgehead atoms. The summed E-state index contributed by atoms with van der Waals surface area (Å²) in [6, 6.07) is 14.0. The summed E-state index contributed by atoms with van der Waals surface area (Å²) in [4.78, 5) is 29.3. The summed E-state index contributed by atoms with van der Waals surface area (Å²) < 4.78 is 5.44. The van der Waals surface area contributed by atoms with Crippen molar-refractivity contribution < 1.29 is 9.53 Å². The molecule has 34 heavy (non-hydrogen) atoms. The molecule has 3 heterocycles. The van der Waals surface area contributed by atoms with Crippen LogP contribution in [-0.2, 0) is 4.74 Å². The molecule has 176 valence electrons. The number of nitrogens with zero attached hydrogens (tertiary/aromatic N) is 3. The van der Waals surface area contributed by atoms with E-state index in [2.05, 4.69) is 37.5 Å². The molecule has 0 aliphatic rings. The second kappa shape index (κ2) is 11.0. The lowest BCUT2D eigenvalue weighted by Gasteiger charge is -2.13. The molecule has 0 aliphatic carbocycles. The average molecular weight is 459 g/mol. The molecule has 0 saturated heterocycles. The molecular formula is C26H30N6O2. The van der Waals surface area contributed by atoms with Crippen LogP contribution in [0.15, 0.2) is 55.0 Å². The molecule has 1 atom stereocenters. The number of H-pyrrole nitrogens is 1. The quantitative estimate of drug-likeness (QED) is 0.246. The Morgan fingerprint density at radius 1 is 1.15 bits per heavy atom. The van der Waals surface area contributed by atoms with Gasteiger partial charge in [0.05, 0.1) is 34.5 Å². The number of benzene rings is 1. The molecule has 4 aromatic rings. The zero-order valence-electron chi connectivity index (χ0n) is 19.8. The molecular weight excluding hydrogens is 428 g/mol. The minimum atomic E-state index is -0.381. The molecule has 3 N–H and O–H groups in total. The van der Waals surface area contributed by atoms with Crippen LogP contribution in [-0.4, -0.2) is 58.7 Å². The third-order valence-corrected chi connectivity index (χ3v) is 5.63. The molecule has 1 aromatic carbocycles. The van der Waals surface area contributed by atoms with Gasteiger partial charge < -0.3 is 20.4 Å². The van der Waals surface area contributed by atoms with Crippen LogP contribution >= 0.6 is 0 Å². The smallest absolute Gasteiger partial charge is 0.339 e. The molecule has 1 unspecified atom stereocenters. The number of fused-ring (bicyclic) bond motifs is 1. The summed E-state index contributed by atoms with van der Waals surface area (Å²) in [6.07, 6.45) is 4.24. The van der Waals surface area contributed by atoms with Gasteiger partial charge in [-0.2, -0.15) is 0 Å². The van der Waals surface area contributed by atoms with E-state index < -0.39 is 0 Å². The average Bonchev–Trinajstić information content (AvgIpc) is 3.34. The maximum absolute atomic E-state index is 12.6. The Hall–Kier alpha value is -3.62. The Morgan fingerprint density at radius 3 is 2.85 bits per heavy atom. The minimum Gasteiger partial charge on any atom is -0.461 e. The van der Waals surface area contributed by atoms with E-state index in [4.69, 9.17) is 4.74 Å². The number of aromatic nitrogens is 4. The summed E-state index contributed by atoms with van der Waals surface area (Å²) in [5, 5.41) is 7.32. The van der Waals surface area contributed by atoms with E-state index in [0.717, 1.165) is 52.2 Å². The fourth-order valence-corrected chi connectivity index (χ4v) is 3.78. The van der Waals surface area contributed by atoms with Crippen LogP contribution < -0.4 is 10.6 Å². The first kappa shape index (κ1) is 23.5. The lowest BCUT2D eigenvalue weighted by molar-refractivity contribution is 0.0505. The number of rotatable bonds is 10. The van der Waals surface area contributed by atoms with Crippen molar-refractivity contribution in [3.8, 4) is 22.6 Å². The summed E-state index contributed by atoms with van der Waals surface area (Å²) in [6.45, 7) is 5.93. The van der Waals surface area contributed by atoms with Gasteiger partial charge in [-0.25, -0.2) is 9.78 Å². The number of ether oxygens (including phenoxy) is 1. The van der Waals surface area contributed by atoms with E-state index in [0.29, 0.717) is 24.8 Å². The van der Waals surface area contributed by atoms with E-state index in [9.17, 15) is 4.79 Å². The number of aromatic amines is 1. The Morgan fingerprint density at radius 2 is 2.03 bits per heavy atom. The van der Waals surface area contributed by atoms with Gasteiger partial charge in [0.25, 0.3) is 0 Å². The van der Waals surface area contributed by atoms with Gasteiger partial charge in [0.2, 0.25) is 0 Å². The molecule has 0 spiro atoms. The van der Waals surface area contributed by atoms with Gasteiger partial charge in [-0.1, -0.05) is 12.1 Å². The zero-order chi connectivity index (χ0) is 23.9. The summed E-state index contributed by atoms with van der Waals surface area (Å²) >= 11 is 0. The fraction of sp³-hybridized carbons (Fsp3) is 0.308. The fourth-order valence-electron chi connectivity index (χ4n) is 3.78. The first-order chi connectivity index (χ1) is 16.5. The molecule has 8 nitrogen and oxygen atoms in total. The molecule has 8 heteroatoms. The van der Waals surface area contributed by atoms with Crippen molar-refractivity contribution in [3.63, 3.8) is 0 Å². The second-order valence-electron chi connectivity index (χ2n) is 8.31. The van der Waals surface area contributed by atoms with Crippen molar-refractivity contribution in [2.24, 2.45) is 0 Å². The van der Waals surface area contributed by atoms with Crippen molar-refractivity contribution in [2.45, 2.75) is 26.3 Å². The summed E-state index contributed by atoms with van der Waals surface area (Å²) in [7, 11) is 1.93. The highest BCUT2D eigenvalue weighted by Crippen LogP contribution is 2.30. The number of aryl methyl sites for hydroxylation is 1. The van der Waals surface area contributed by atoms with Crippen LogP contribution in [0.25, 0.3) is 33.5 Å². The van der Waals surface area contributed by atoms with E-state index in [1.807, 2.05) is 56.4 Å². The lowest BCUT2D eigenvalue weighted by Crippen LogP contribution is -2.32. The maximum atomic E-state index is 12.6. The van der Waals surface area contributed by atoms with Crippen LogP contribution in [0, 0.1) is 6.92 Å². The van der Waals surface area contributed by atoms with Crippen LogP contribution in [0.1, 0.15) is 29.4 Å². The number of carbonyl (C=O) groups excluding carboxylic acids is 1. The molecule has 0 fully saturated rings. The highest BCUT2D eigenvalue weighted by Gasteiger charge is 2.14. The SMILES string of the molecule is CNCCC(C)NCCOC(=O)c1cnc2ccc(-c3nc[nH]c3-c3cccc(C)n3)cc2c1. The van der Waals surface area contributed by atoms with Crippen LogP contribution in [0.4, 0.5) is 0 Å². The molecule has 0 amide bonds. The maximum Gasteiger partial charge on any atom is 0.339 e. The highest BCUT2D eigenvalue weighted by molar-refractivity contribution is 5.95. The van der Waals surface area contributed by atoms with Crippen molar-refractivity contribution in [3.05, 3.63) is 66.2 Å². The van der Waals surface area contributed by atoms with E-state index in [1.54, 1.807) is 12.5 Å². The first-order valence-corrected chi connectivity index (χ1v) is 11.5. The van der Waals surface area contributed by atoms with E-state index in [-0.39, 0.29) is 5.97 Å². The van der Waals surface area contributed by atoms with Crippen LogP contribution in [0.3, 0.4) is 0 Å². The lowest BCUT2D eigenvalue weighted by atomic mass is 10.0. The summed E-state index contributed by atoms with van der Waals surface area (Å²) in [5.41, 5.74) is 5.55. The molecule has 0 radical (unpaired) electrons. The van der Waals surface area contributed by atoms with Crippen molar-refractivity contribution in [1.29, 1.82) is 0 Å². The zero-order valence-corrected chi connectivity index (χ0v) is 19.8. The van der Waals surface area contributed by atoms with E-state index in [1.165, 1.54) is 0 Å².